The molecule has 1 aromatic carbocycles. The van der Waals surface area contributed by atoms with Crippen molar-refractivity contribution in [3.63, 3.8) is 0 Å². The SMILES string of the molecule is COc1cc(OC)c(CCNc2cc(C)nc3ncnn23)c(OC)c1. The van der Waals surface area contributed by atoms with Crippen LogP contribution in [0.2, 0.25) is 0 Å². The number of nitrogens with one attached hydrogen (secondary N) is 1. The molecule has 8 nitrogen and oxygen atoms in total. The monoisotopic (exact) mass is 343 g/mol. The van der Waals surface area contributed by atoms with Crippen molar-refractivity contribution in [3.8, 4) is 17.2 Å². The van der Waals surface area contributed by atoms with Gasteiger partial charge in [-0.2, -0.15) is 14.6 Å². The molecule has 3 aromatic rings. The number of aryl methyl sites for hydroxylation is 1. The molecular formula is C17H21N5O3. The molecule has 0 unspecified atom stereocenters. The quantitative estimate of drug-likeness (QED) is 0.703. The smallest absolute Gasteiger partial charge is 0.254 e. The molecule has 3 rings (SSSR count). The molecule has 0 radical (unpaired) electrons. The van der Waals surface area contributed by atoms with Crippen LogP contribution in [0.4, 0.5) is 5.82 Å². The first kappa shape index (κ1) is 16.8. The van der Waals surface area contributed by atoms with Crippen molar-refractivity contribution >= 4 is 11.6 Å². The van der Waals surface area contributed by atoms with E-state index in [0.717, 1.165) is 28.6 Å². The fourth-order valence-electron chi connectivity index (χ4n) is 2.70. The molecule has 2 heterocycles. The van der Waals surface area contributed by atoms with Gasteiger partial charge in [0, 0.05) is 36.0 Å². The first-order valence-corrected chi connectivity index (χ1v) is 7.86. The second-order valence-corrected chi connectivity index (χ2v) is 5.44. The first-order chi connectivity index (χ1) is 12.2. The minimum atomic E-state index is 0.571. The summed E-state index contributed by atoms with van der Waals surface area (Å²) in [7, 11) is 4.89. The average molecular weight is 343 g/mol. The second kappa shape index (κ2) is 7.25. The van der Waals surface area contributed by atoms with Crippen LogP contribution in [0, 0.1) is 6.92 Å². The third-order valence-electron chi connectivity index (χ3n) is 3.88. The van der Waals surface area contributed by atoms with Gasteiger partial charge in [0.05, 0.1) is 21.3 Å². The van der Waals surface area contributed by atoms with Gasteiger partial charge < -0.3 is 19.5 Å². The summed E-state index contributed by atoms with van der Waals surface area (Å²) in [6.45, 7) is 2.59. The molecule has 0 bridgehead atoms. The summed E-state index contributed by atoms with van der Waals surface area (Å²) in [5, 5.41) is 7.56. The van der Waals surface area contributed by atoms with Crippen LogP contribution >= 0.6 is 0 Å². The number of rotatable bonds is 7. The third-order valence-corrected chi connectivity index (χ3v) is 3.88. The van der Waals surface area contributed by atoms with Gasteiger partial charge in [-0.05, 0) is 13.3 Å². The van der Waals surface area contributed by atoms with E-state index in [0.29, 0.717) is 24.5 Å². The Bertz CT molecular complexity index is 853. The molecular weight excluding hydrogens is 322 g/mol. The van der Waals surface area contributed by atoms with E-state index in [9.17, 15) is 0 Å². The minimum absolute atomic E-state index is 0.571. The van der Waals surface area contributed by atoms with Crippen molar-refractivity contribution < 1.29 is 14.2 Å². The number of hydrogen-bond acceptors (Lipinski definition) is 7. The average Bonchev–Trinajstić information content (AvgIpc) is 3.09. The zero-order valence-corrected chi connectivity index (χ0v) is 14.7. The number of aromatic nitrogens is 4. The van der Waals surface area contributed by atoms with Gasteiger partial charge in [0.25, 0.3) is 5.78 Å². The van der Waals surface area contributed by atoms with Crippen LogP contribution in [0.3, 0.4) is 0 Å². The number of anilines is 1. The number of benzene rings is 1. The van der Waals surface area contributed by atoms with E-state index in [4.69, 9.17) is 14.2 Å². The van der Waals surface area contributed by atoms with E-state index >= 15 is 0 Å². The molecule has 0 aliphatic heterocycles. The first-order valence-electron chi connectivity index (χ1n) is 7.86. The van der Waals surface area contributed by atoms with E-state index < -0.39 is 0 Å². The number of hydrogen-bond donors (Lipinski definition) is 1. The van der Waals surface area contributed by atoms with Gasteiger partial charge in [-0.1, -0.05) is 0 Å². The Morgan fingerprint density at radius 3 is 2.40 bits per heavy atom. The molecule has 0 fully saturated rings. The lowest BCUT2D eigenvalue weighted by Gasteiger charge is -2.16. The van der Waals surface area contributed by atoms with Crippen molar-refractivity contribution in [1.82, 2.24) is 19.6 Å². The zero-order valence-electron chi connectivity index (χ0n) is 14.7. The highest BCUT2D eigenvalue weighted by Crippen LogP contribution is 2.34. The zero-order chi connectivity index (χ0) is 17.8. The van der Waals surface area contributed by atoms with Gasteiger partial charge in [0.1, 0.15) is 29.4 Å². The van der Waals surface area contributed by atoms with Crippen molar-refractivity contribution in [3.05, 3.63) is 35.8 Å². The number of fused-ring (bicyclic) bond motifs is 1. The summed E-state index contributed by atoms with van der Waals surface area (Å²) in [6, 6.07) is 5.64. The summed E-state index contributed by atoms with van der Waals surface area (Å²) < 4.78 is 17.9. The summed E-state index contributed by atoms with van der Waals surface area (Å²) >= 11 is 0. The lowest BCUT2D eigenvalue weighted by atomic mass is 10.1. The van der Waals surface area contributed by atoms with Gasteiger partial charge in [0.15, 0.2) is 0 Å². The highest BCUT2D eigenvalue weighted by atomic mass is 16.5. The molecule has 0 aliphatic carbocycles. The molecule has 2 aromatic heterocycles. The molecule has 8 heteroatoms. The van der Waals surface area contributed by atoms with Gasteiger partial charge in [0.2, 0.25) is 0 Å². The minimum Gasteiger partial charge on any atom is -0.496 e. The Balaban J connectivity index is 1.80. The van der Waals surface area contributed by atoms with E-state index in [1.54, 1.807) is 25.8 Å². The van der Waals surface area contributed by atoms with Crippen molar-refractivity contribution in [2.75, 3.05) is 33.2 Å². The van der Waals surface area contributed by atoms with Gasteiger partial charge in [-0.3, -0.25) is 0 Å². The highest BCUT2D eigenvalue weighted by Gasteiger charge is 2.13. The standard InChI is InChI=1S/C17H21N5O3/c1-11-7-16(22-17(21-11)19-10-20-22)18-6-5-13-14(24-3)8-12(23-2)9-15(13)25-4/h7-10,18H,5-6H2,1-4H3. The van der Waals surface area contributed by atoms with Crippen LogP contribution in [0.5, 0.6) is 17.2 Å². The summed E-state index contributed by atoms with van der Waals surface area (Å²) in [5.74, 6) is 3.57. The van der Waals surface area contributed by atoms with E-state index in [1.807, 2.05) is 25.1 Å². The number of ether oxygens (including phenoxy) is 3. The van der Waals surface area contributed by atoms with Crippen molar-refractivity contribution in [2.24, 2.45) is 0 Å². The Hall–Kier alpha value is -3.03. The predicted octanol–water partition coefficient (Wildman–Crippen LogP) is 2.11. The number of methoxy groups -OCH3 is 3. The molecule has 0 spiro atoms. The largest absolute Gasteiger partial charge is 0.496 e. The normalized spacial score (nSPS) is 10.7. The Kier molecular flexibility index (Phi) is 4.87. The lowest BCUT2D eigenvalue weighted by Crippen LogP contribution is -2.11. The molecule has 0 amide bonds. The van der Waals surface area contributed by atoms with Crippen LogP contribution in [-0.4, -0.2) is 47.5 Å². The van der Waals surface area contributed by atoms with Crippen LogP contribution in [0.25, 0.3) is 5.78 Å². The second-order valence-electron chi connectivity index (χ2n) is 5.44. The summed E-state index contributed by atoms with van der Waals surface area (Å²) in [6.07, 6.45) is 2.19. The summed E-state index contributed by atoms with van der Waals surface area (Å²) in [5.41, 5.74) is 1.85. The van der Waals surface area contributed by atoms with Crippen molar-refractivity contribution in [2.45, 2.75) is 13.3 Å². The Morgan fingerprint density at radius 1 is 1.04 bits per heavy atom. The van der Waals surface area contributed by atoms with Crippen LogP contribution in [0.15, 0.2) is 24.5 Å². The Labute approximate surface area is 145 Å². The number of nitrogens with zero attached hydrogens (tertiary/aromatic N) is 4. The molecule has 0 atom stereocenters. The van der Waals surface area contributed by atoms with Crippen LogP contribution in [-0.2, 0) is 6.42 Å². The molecule has 1 N–H and O–H groups in total. The Morgan fingerprint density at radius 2 is 1.76 bits per heavy atom. The van der Waals surface area contributed by atoms with Gasteiger partial charge in [-0.15, -0.1) is 0 Å². The molecule has 0 saturated carbocycles. The topological polar surface area (TPSA) is 82.8 Å². The third kappa shape index (κ3) is 3.42. The lowest BCUT2D eigenvalue weighted by molar-refractivity contribution is 0.369. The van der Waals surface area contributed by atoms with E-state index in [2.05, 4.69) is 20.4 Å². The fraction of sp³-hybridized carbons (Fsp3) is 0.353. The maximum absolute atomic E-state index is 5.48. The predicted molar refractivity (Wildman–Crippen MR) is 93.8 cm³/mol. The maximum Gasteiger partial charge on any atom is 0.254 e. The molecule has 0 saturated heterocycles. The molecule has 0 aliphatic rings. The molecule has 132 valence electrons. The van der Waals surface area contributed by atoms with Gasteiger partial charge in [-0.25, -0.2) is 4.98 Å². The fourth-order valence-corrected chi connectivity index (χ4v) is 2.70. The van der Waals surface area contributed by atoms with E-state index in [1.165, 1.54) is 6.33 Å². The maximum atomic E-state index is 5.48. The van der Waals surface area contributed by atoms with Crippen LogP contribution < -0.4 is 19.5 Å². The van der Waals surface area contributed by atoms with Crippen LogP contribution in [0.1, 0.15) is 11.3 Å². The molecule has 25 heavy (non-hydrogen) atoms. The van der Waals surface area contributed by atoms with E-state index in [-0.39, 0.29) is 0 Å². The summed E-state index contributed by atoms with van der Waals surface area (Å²) in [4.78, 5) is 8.46. The van der Waals surface area contributed by atoms with Gasteiger partial charge >= 0.3 is 0 Å². The van der Waals surface area contributed by atoms with Crippen molar-refractivity contribution in [1.29, 1.82) is 0 Å². The highest BCUT2D eigenvalue weighted by molar-refractivity contribution is 5.51.